The number of hydrogen-bond acceptors (Lipinski definition) is 7. The molecule has 0 amide bonds. The van der Waals surface area contributed by atoms with Crippen LogP contribution in [-0.4, -0.2) is 22.2 Å². The van der Waals surface area contributed by atoms with Gasteiger partial charge in [-0.1, -0.05) is 5.16 Å². The zero-order valence-corrected chi connectivity index (χ0v) is 11.4. The fourth-order valence-corrected chi connectivity index (χ4v) is 2.39. The minimum atomic E-state index is -0.506. The number of ether oxygens (including phenoxy) is 1. The van der Waals surface area contributed by atoms with Crippen molar-refractivity contribution in [2.24, 2.45) is 0 Å². The van der Waals surface area contributed by atoms with E-state index in [1.165, 1.54) is 18.2 Å². The molecule has 2 N–H and O–H groups in total. The van der Waals surface area contributed by atoms with Gasteiger partial charge >= 0.3 is 0 Å². The molecule has 0 atom stereocenters. The molecule has 1 aromatic carbocycles. The van der Waals surface area contributed by atoms with Gasteiger partial charge in [-0.3, -0.25) is 10.1 Å². The monoisotopic (exact) mass is 290 g/mol. The average Bonchev–Trinajstić information content (AvgIpc) is 2.87. The Hall–Kier alpha value is -2.48. The molecule has 0 saturated heterocycles. The van der Waals surface area contributed by atoms with Gasteiger partial charge < -0.3 is 15.0 Å². The van der Waals surface area contributed by atoms with Gasteiger partial charge in [-0.05, 0) is 25.3 Å². The molecular formula is C13H14N4O4. The van der Waals surface area contributed by atoms with E-state index in [1.54, 1.807) is 7.11 Å². The lowest BCUT2D eigenvalue weighted by Gasteiger charge is -2.37. The zero-order chi connectivity index (χ0) is 15.0. The van der Waals surface area contributed by atoms with Gasteiger partial charge in [0.25, 0.3) is 11.6 Å². The van der Waals surface area contributed by atoms with E-state index in [0.717, 1.165) is 19.3 Å². The van der Waals surface area contributed by atoms with Gasteiger partial charge in [0.1, 0.15) is 5.60 Å². The number of aromatic nitrogens is 2. The normalized spacial score (nSPS) is 16.4. The fourth-order valence-electron chi connectivity index (χ4n) is 2.39. The average molecular weight is 290 g/mol. The summed E-state index contributed by atoms with van der Waals surface area (Å²) in [5, 5.41) is 14.7. The largest absolute Gasteiger partial charge is 0.398 e. The number of anilines is 1. The van der Waals surface area contributed by atoms with Crippen molar-refractivity contribution in [3.63, 3.8) is 0 Å². The molecule has 0 radical (unpaired) electrons. The summed E-state index contributed by atoms with van der Waals surface area (Å²) in [6.07, 6.45) is 2.74. The van der Waals surface area contributed by atoms with E-state index >= 15 is 0 Å². The molecular weight excluding hydrogens is 276 g/mol. The Morgan fingerprint density at radius 2 is 2.24 bits per heavy atom. The Morgan fingerprint density at radius 3 is 2.76 bits per heavy atom. The number of nitro benzene ring substituents is 1. The number of methoxy groups -OCH3 is 1. The third-order valence-electron chi connectivity index (χ3n) is 3.86. The van der Waals surface area contributed by atoms with Gasteiger partial charge in [0.15, 0.2) is 0 Å². The van der Waals surface area contributed by atoms with Crippen molar-refractivity contribution in [2.75, 3.05) is 12.8 Å². The summed E-state index contributed by atoms with van der Waals surface area (Å²) in [5.41, 5.74) is 5.97. The van der Waals surface area contributed by atoms with E-state index in [9.17, 15) is 10.1 Å². The van der Waals surface area contributed by atoms with Crippen LogP contribution >= 0.6 is 0 Å². The molecule has 1 saturated carbocycles. The summed E-state index contributed by atoms with van der Waals surface area (Å²) in [5.74, 6) is 0.727. The molecule has 0 aliphatic heterocycles. The molecule has 110 valence electrons. The van der Waals surface area contributed by atoms with Gasteiger partial charge in [-0.15, -0.1) is 0 Å². The van der Waals surface area contributed by atoms with E-state index in [1.807, 2.05) is 0 Å². The Bertz CT molecular complexity index is 688. The lowest BCUT2D eigenvalue weighted by molar-refractivity contribution is -0.384. The Balaban J connectivity index is 1.95. The van der Waals surface area contributed by atoms with Gasteiger partial charge in [0.05, 0.1) is 16.2 Å². The first kappa shape index (κ1) is 13.5. The number of nitrogens with zero attached hydrogens (tertiary/aromatic N) is 3. The fraction of sp³-hybridized carbons (Fsp3) is 0.385. The van der Waals surface area contributed by atoms with Crippen molar-refractivity contribution in [1.29, 1.82) is 0 Å². The standard InChI is InChI=1S/C13H14N4O4/c1-20-13(5-2-6-13)12-15-11(21-16-12)9-4-3-8(17(18)19)7-10(9)14/h3-4,7H,2,5-6,14H2,1H3. The molecule has 1 heterocycles. The molecule has 1 aromatic heterocycles. The minimum Gasteiger partial charge on any atom is -0.398 e. The lowest BCUT2D eigenvalue weighted by Crippen LogP contribution is -2.37. The van der Waals surface area contributed by atoms with Crippen molar-refractivity contribution >= 4 is 11.4 Å². The van der Waals surface area contributed by atoms with Crippen LogP contribution in [0.5, 0.6) is 0 Å². The predicted molar refractivity (Wildman–Crippen MR) is 73.3 cm³/mol. The van der Waals surface area contributed by atoms with E-state index < -0.39 is 10.5 Å². The quantitative estimate of drug-likeness (QED) is 0.521. The van der Waals surface area contributed by atoms with Crippen LogP contribution in [0.3, 0.4) is 0 Å². The lowest BCUT2D eigenvalue weighted by atomic mass is 9.79. The van der Waals surface area contributed by atoms with Crippen LogP contribution in [0.4, 0.5) is 11.4 Å². The Morgan fingerprint density at radius 1 is 1.48 bits per heavy atom. The van der Waals surface area contributed by atoms with Crippen LogP contribution in [0, 0.1) is 10.1 Å². The number of hydrogen-bond donors (Lipinski definition) is 1. The van der Waals surface area contributed by atoms with E-state index in [0.29, 0.717) is 11.4 Å². The van der Waals surface area contributed by atoms with Gasteiger partial charge in [0.2, 0.25) is 5.82 Å². The van der Waals surface area contributed by atoms with Crippen LogP contribution in [0.2, 0.25) is 0 Å². The summed E-state index contributed by atoms with van der Waals surface area (Å²) in [6.45, 7) is 0. The highest BCUT2D eigenvalue weighted by atomic mass is 16.6. The van der Waals surface area contributed by atoms with Crippen molar-refractivity contribution in [3.05, 3.63) is 34.1 Å². The maximum absolute atomic E-state index is 10.7. The maximum Gasteiger partial charge on any atom is 0.271 e. The minimum absolute atomic E-state index is 0.0802. The predicted octanol–water partition coefficient (Wildman–Crippen LogP) is 2.25. The summed E-state index contributed by atoms with van der Waals surface area (Å²) < 4.78 is 10.7. The molecule has 21 heavy (non-hydrogen) atoms. The second-order valence-corrected chi connectivity index (χ2v) is 5.00. The second kappa shape index (κ2) is 4.81. The molecule has 8 nitrogen and oxygen atoms in total. The number of benzene rings is 1. The number of rotatable bonds is 4. The third kappa shape index (κ3) is 2.13. The third-order valence-corrected chi connectivity index (χ3v) is 3.86. The van der Waals surface area contributed by atoms with Gasteiger partial charge in [-0.25, -0.2) is 0 Å². The molecule has 0 bridgehead atoms. The van der Waals surface area contributed by atoms with Gasteiger partial charge in [-0.2, -0.15) is 4.98 Å². The van der Waals surface area contributed by atoms with E-state index in [2.05, 4.69) is 10.1 Å². The highest BCUT2D eigenvalue weighted by Crippen LogP contribution is 2.43. The summed E-state index contributed by atoms with van der Waals surface area (Å²) in [4.78, 5) is 14.5. The summed E-state index contributed by atoms with van der Waals surface area (Å²) in [7, 11) is 1.62. The number of nitrogens with two attached hydrogens (primary N) is 1. The topological polar surface area (TPSA) is 117 Å². The number of nitrogen functional groups attached to an aromatic ring is 1. The molecule has 3 rings (SSSR count). The first-order chi connectivity index (χ1) is 10.1. The summed E-state index contributed by atoms with van der Waals surface area (Å²) in [6, 6.07) is 4.13. The van der Waals surface area contributed by atoms with Crippen LogP contribution < -0.4 is 5.73 Å². The maximum atomic E-state index is 10.7. The molecule has 1 aliphatic carbocycles. The van der Waals surface area contributed by atoms with Crippen LogP contribution in [0.25, 0.3) is 11.5 Å². The summed E-state index contributed by atoms with van der Waals surface area (Å²) >= 11 is 0. The Labute approximate surface area is 120 Å². The molecule has 2 aromatic rings. The molecule has 0 spiro atoms. The van der Waals surface area contributed by atoms with E-state index in [4.69, 9.17) is 15.0 Å². The highest BCUT2D eigenvalue weighted by Gasteiger charge is 2.43. The second-order valence-electron chi connectivity index (χ2n) is 5.00. The number of nitro groups is 1. The molecule has 8 heteroatoms. The van der Waals surface area contributed by atoms with Crippen LogP contribution in [-0.2, 0) is 10.3 Å². The van der Waals surface area contributed by atoms with Crippen molar-refractivity contribution in [2.45, 2.75) is 24.9 Å². The number of non-ortho nitro benzene ring substituents is 1. The first-order valence-electron chi connectivity index (χ1n) is 6.49. The van der Waals surface area contributed by atoms with E-state index in [-0.39, 0.29) is 17.3 Å². The van der Waals surface area contributed by atoms with Crippen molar-refractivity contribution in [1.82, 2.24) is 10.1 Å². The van der Waals surface area contributed by atoms with Crippen molar-refractivity contribution in [3.8, 4) is 11.5 Å². The highest BCUT2D eigenvalue weighted by molar-refractivity contribution is 5.72. The first-order valence-corrected chi connectivity index (χ1v) is 6.49. The van der Waals surface area contributed by atoms with Gasteiger partial charge in [0, 0.05) is 19.2 Å². The van der Waals surface area contributed by atoms with Crippen LogP contribution in [0.15, 0.2) is 22.7 Å². The van der Waals surface area contributed by atoms with Crippen molar-refractivity contribution < 1.29 is 14.2 Å². The zero-order valence-electron chi connectivity index (χ0n) is 11.4. The smallest absolute Gasteiger partial charge is 0.271 e. The Kier molecular flexibility index (Phi) is 3.09. The molecule has 1 aliphatic rings. The SMILES string of the molecule is COC1(c2noc(-c3ccc([N+](=O)[O-])cc3N)n2)CCC1. The molecule has 1 fully saturated rings. The molecule has 0 unspecified atom stereocenters. The van der Waals surface area contributed by atoms with Crippen LogP contribution in [0.1, 0.15) is 25.1 Å².